The number of amides is 2. The van der Waals surface area contributed by atoms with Crippen LogP contribution in [-0.2, 0) is 16.1 Å². The van der Waals surface area contributed by atoms with Crippen LogP contribution in [0.1, 0.15) is 37.4 Å². The van der Waals surface area contributed by atoms with Gasteiger partial charge in [0.1, 0.15) is 12.1 Å². The number of piperazine rings is 1. The van der Waals surface area contributed by atoms with Gasteiger partial charge in [-0.1, -0.05) is 6.07 Å². The second-order valence-corrected chi connectivity index (χ2v) is 5.99. The molecule has 0 N–H and O–H groups in total. The zero-order chi connectivity index (χ0) is 15.0. The van der Waals surface area contributed by atoms with Crippen LogP contribution < -0.4 is 0 Å². The highest BCUT2D eigenvalue weighted by Gasteiger charge is 2.44. The van der Waals surface area contributed by atoms with Crippen molar-refractivity contribution >= 4 is 11.8 Å². The minimum absolute atomic E-state index is 0.0828. The predicted octanol–water partition coefficient (Wildman–Crippen LogP) is 1.50. The molecule has 3 heterocycles. The Morgan fingerprint density at radius 2 is 2.05 bits per heavy atom. The Labute approximate surface area is 124 Å². The maximum absolute atomic E-state index is 12.7. The first kappa shape index (κ1) is 14.0. The SMILES string of the molecule is Cc1ccc(CN2C(=O)C3CCCCN3C(=O)C2C)cn1. The minimum Gasteiger partial charge on any atom is -0.329 e. The standard InChI is InChI=1S/C16H21N3O2/c1-11-6-7-13(9-17-11)10-19-12(2)15(20)18-8-4-3-5-14(18)16(19)21/h6-7,9,12,14H,3-5,8,10H2,1-2H3. The van der Waals surface area contributed by atoms with E-state index in [1.54, 1.807) is 16.0 Å². The molecule has 0 spiro atoms. The summed E-state index contributed by atoms with van der Waals surface area (Å²) in [4.78, 5) is 32.9. The molecule has 5 heteroatoms. The number of hydrogen-bond acceptors (Lipinski definition) is 3. The molecule has 1 aromatic heterocycles. The Kier molecular flexibility index (Phi) is 3.66. The zero-order valence-corrected chi connectivity index (χ0v) is 12.6. The van der Waals surface area contributed by atoms with Crippen LogP contribution in [-0.4, -0.2) is 45.2 Å². The number of aromatic nitrogens is 1. The fourth-order valence-electron chi connectivity index (χ4n) is 3.21. The molecule has 0 aromatic carbocycles. The van der Waals surface area contributed by atoms with Crippen LogP contribution >= 0.6 is 0 Å². The topological polar surface area (TPSA) is 53.5 Å². The van der Waals surface area contributed by atoms with Crippen LogP contribution in [0, 0.1) is 6.92 Å². The van der Waals surface area contributed by atoms with Gasteiger partial charge in [-0.2, -0.15) is 0 Å². The number of aryl methyl sites for hydroxylation is 1. The summed E-state index contributed by atoms with van der Waals surface area (Å²) in [6, 6.07) is 3.28. The highest BCUT2D eigenvalue weighted by atomic mass is 16.2. The lowest BCUT2D eigenvalue weighted by molar-refractivity contribution is -0.163. The molecule has 5 nitrogen and oxygen atoms in total. The Balaban J connectivity index is 1.82. The predicted molar refractivity (Wildman–Crippen MR) is 78.3 cm³/mol. The number of hydrogen-bond donors (Lipinski definition) is 0. The van der Waals surface area contributed by atoms with Gasteiger partial charge in [0.25, 0.3) is 0 Å². The van der Waals surface area contributed by atoms with Crippen LogP contribution in [0.25, 0.3) is 0 Å². The average Bonchev–Trinajstić information content (AvgIpc) is 2.51. The summed E-state index contributed by atoms with van der Waals surface area (Å²) in [6.07, 6.45) is 4.60. The fourth-order valence-corrected chi connectivity index (χ4v) is 3.21. The summed E-state index contributed by atoms with van der Waals surface area (Å²) in [5.41, 5.74) is 1.92. The van der Waals surface area contributed by atoms with Gasteiger partial charge in [-0.25, -0.2) is 0 Å². The number of rotatable bonds is 2. The molecule has 21 heavy (non-hydrogen) atoms. The van der Waals surface area contributed by atoms with Gasteiger partial charge in [-0.3, -0.25) is 14.6 Å². The van der Waals surface area contributed by atoms with Crippen molar-refractivity contribution < 1.29 is 9.59 Å². The van der Waals surface area contributed by atoms with Crippen molar-refractivity contribution in [2.45, 2.75) is 51.7 Å². The molecule has 112 valence electrons. The second-order valence-electron chi connectivity index (χ2n) is 5.99. The number of carbonyl (C=O) groups excluding carboxylic acids is 2. The van der Waals surface area contributed by atoms with E-state index in [-0.39, 0.29) is 23.9 Å². The first-order valence-corrected chi connectivity index (χ1v) is 7.60. The number of pyridine rings is 1. The van der Waals surface area contributed by atoms with E-state index in [1.165, 1.54) is 0 Å². The van der Waals surface area contributed by atoms with Crippen molar-refractivity contribution in [2.75, 3.05) is 6.54 Å². The van der Waals surface area contributed by atoms with Gasteiger partial charge in [0, 0.05) is 25.0 Å². The molecule has 0 radical (unpaired) electrons. The van der Waals surface area contributed by atoms with Gasteiger partial charge in [-0.15, -0.1) is 0 Å². The van der Waals surface area contributed by atoms with Crippen molar-refractivity contribution in [3.8, 4) is 0 Å². The Morgan fingerprint density at radius 3 is 2.76 bits per heavy atom. The van der Waals surface area contributed by atoms with Gasteiger partial charge in [0.15, 0.2) is 0 Å². The third-order valence-electron chi connectivity index (χ3n) is 4.50. The van der Waals surface area contributed by atoms with Gasteiger partial charge in [0.05, 0.1) is 0 Å². The molecule has 1 aromatic rings. The molecule has 2 unspecified atom stereocenters. The largest absolute Gasteiger partial charge is 0.329 e. The molecule has 0 bridgehead atoms. The van der Waals surface area contributed by atoms with E-state index < -0.39 is 0 Å². The van der Waals surface area contributed by atoms with E-state index in [0.717, 1.165) is 37.1 Å². The van der Waals surface area contributed by atoms with Crippen LogP contribution in [0.4, 0.5) is 0 Å². The summed E-state index contributed by atoms with van der Waals surface area (Å²) >= 11 is 0. The van der Waals surface area contributed by atoms with Gasteiger partial charge in [-0.05, 0) is 44.7 Å². The molecule has 2 amide bonds. The number of fused-ring (bicyclic) bond motifs is 1. The highest BCUT2D eigenvalue weighted by molar-refractivity contribution is 5.96. The van der Waals surface area contributed by atoms with Crippen molar-refractivity contribution in [1.82, 2.24) is 14.8 Å². The molecule has 2 aliphatic heterocycles. The van der Waals surface area contributed by atoms with E-state index in [9.17, 15) is 9.59 Å². The normalized spacial score (nSPS) is 26.0. The monoisotopic (exact) mass is 287 g/mol. The van der Waals surface area contributed by atoms with E-state index >= 15 is 0 Å². The van der Waals surface area contributed by atoms with Gasteiger partial charge < -0.3 is 9.80 Å². The van der Waals surface area contributed by atoms with E-state index in [2.05, 4.69) is 4.98 Å². The molecular weight excluding hydrogens is 266 g/mol. The van der Waals surface area contributed by atoms with Crippen molar-refractivity contribution in [3.63, 3.8) is 0 Å². The Morgan fingerprint density at radius 1 is 1.24 bits per heavy atom. The van der Waals surface area contributed by atoms with Crippen molar-refractivity contribution in [1.29, 1.82) is 0 Å². The highest BCUT2D eigenvalue weighted by Crippen LogP contribution is 2.27. The van der Waals surface area contributed by atoms with Gasteiger partial charge >= 0.3 is 0 Å². The summed E-state index contributed by atoms with van der Waals surface area (Å²) in [6.45, 7) is 4.94. The summed E-state index contributed by atoms with van der Waals surface area (Å²) in [5.74, 6) is 0.168. The third-order valence-corrected chi connectivity index (χ3v) is 4.50. The van der Waals surface area contributed by atoms with E-state index in [0.29, 0.717) is 6.54 Å². The molecule has 2 atom stereocenters. The second kappa shape index (κ2) is 5.47. The molecule has 2 saturated heterocycles. The average molecular weight is 287 g/mol. The summed E-state index contributed by atoms with van der Waals surface area (Å²) in [7, 11) is 0. The van der Waals surface area contributed by atoms with Crippen LogP contribution in [0.2, 0.25) is 0 Å². The molecule has 2 fully saturated rings. The van der Waals surface area contributed by atoms with Crippen LogP contribution in [0.5, 0.6) is 0 Å². The summed E-state index contributed by atoms with van der Waals surface area (Å²) in [5, 5.41) is 0. The van der Waals surface area contributed by atoms with E-state index in [1.807, 2.05) is 26.0 Å². The van der Waals surface area contributed by atoms with Crippen molar-refractivity contribution in [3.05, 3.63) is 29.6 Å². The number of carbonyl (C=O) groups is 2. The fraction of sp³-hybridized carbons (Fsp3) is 0.562. The van der Waals surface area contributed by atoms with Crippen LogP contribution in [0.15, 0.2) is 18.3 Å². The lowest BCUT2D eigenvalue weighted by atomic mass is 9.95. The lowest BCUT2D eigenvalue weighted by Crippen LogP contribution is -2.64. The Bertz CT molecular complexity index is 555. The first-order chi connectivity index (χ1) is 10.1. The molecular formula is C16H21N3O2. The lowest BCUT2D eigenvalue weighted by Gasteiger charge is -2.46. The molecule has 0 aliphatic carbocycles. The molecule has 3 rings (SSSR count). The maximum atomic E-state index is 12.7. The maximum Gasteiger partial charge on any atom is 0.246 e. The minimum atomic E-state index is -0.381. The van der Waals surface area contributed by atoms with Gasteiger partial charge in [0.2, 0.25) is 11.8 Å². The quantitative estimate of drug-likeness (QED) is 0.828. The molecule has 0 saturated carbocycles. The zero-order valence-electron chi connectivity index (χ0n) is 12.6. The Hall–Kier alpha value is -1.91. The molecule has 2 aliphatic rings. The summed E-state index contributed by atoms with van der Waals surface area (Å²) < 4.78 is 0. The smallest absolute Gasteiger partial charge is 0.246 e. The number of nitrogens with zero attached hydrogens (tertiary/aromatic N) is 3. The number of piperidine rings is 1. The first-order valence-electron chi connectivity index (χ1n) is 7.60. The van der Waals surface area contributed by atoms with Crippen molar-refractivity contribution in [2.24, 2.45) is 0 Å². The van der Waals surface area contributed by atoms with E-state index in [4.69, 9.17) is 0 Å². The third kappa shape index (κ3) is 2.52. The van der Waals surface area contributed by atoms with Crippen LogP contribution in [0.3, 0.4) is 0 Å².